The first-order valence-corrected chi connectivity index (χ1v) is 8.31. The topological polar surface area (TPSA) is 55.8 Å². The summed E-state index contributed by atoms with van der Waals surface area (Å²) >= 11 is 0. The van der Waals surface area contributed by atoms with E-state index in [1.165, 1.54) is 6.07 Å². The van der Waals surface area contributed by atoms with Crippen molar-refractivity contribution < 1.29 is 19.4 Å². The van der Waals surface area contributed by atoms with Crippen molar-refractivity contribution in [1.29, 1.82) is 0 Å². The van der Waals surface area contributed by atoms with E-state index in [4.69, 9.17) is 9.47 Å². The van der Waals surface area contributed by atoms with Crippen LogP contribution in [0.5, 0.6) is 17.2 Å². The smallest absolute Gasteiger partial charge is 0.181 e. The van der Waals surface area contributed by atoms with Crippen molar-refractivity contribution in [3.05, 3.63) is 64.7 Å². The number of benzene rings is 2. The average Bonchev–Trinajstić information content (AvgIpc) is 2.61. The molecule has 2 aromatic rings. The summed E-state index contributed by atoms with van der Waals surface area (Å²) in [6.07, 6.45) is 2.63. The summed E-state index contributed by atoms with van der Waals surface area (Å²) in [5, 5.41) is 10.4. The molecule has 3 rings (SSSR count). The molecule has 0 aliphatic carbocycles. The predicted octanol–water partition coefficient (Wildman–Crippen LogP) is 4.27. The lowest BCUT2D eigenvalue weighted by Crippen LogP contribution is -2.27. The standard InChI is InChI=1S/C21H22O4/c1-13(2)9-10-15-18(24-3)11-17(22)19-20(23)16(12-25-21(15)19)14-7-5-4-6-8-14/h4-9,11,16,22H,10,12H2,1-3H3/t16-/m1/s1. The van der Waals surface area contributed by atoms with E-state index in [1.54, 1.807) is 7.11 Å². The Hall–Kier alpha value is -2.75. The number of ether oxygens (including phenoxy) is 2. The third kappa shape index (κ3) is 3.25. The molecule has 0 amide bonds. The third-order valence-electron chi connectivity index (χ3n) is 4.42. The molecule has 0 aromatic heterocycles. The lowest BCUT2D eigenvalue weighted by molar-refractivity contribution is 0.0891. The van der Waals surface area contributed by atoms with Crippen molar-refractivity contribution in [3.8, 4) is 17.2 Å². The fourth-order valence-corrected chi connectivity index (χ4v) is 3.09. The van der Waals surface area contributed by atoms with Gasteiger partial charge in [0.15, 0.2) is 5.78 Å². The highest BCUT2D eigenvalue weighted by atomic mass is 16.5. The minimum atomic E-state index is -0.413. The third-order valence-corrected chi connectivity index (χ3v) is 4.42. The normalized spacial score (nSPS) is 16.0. The molecule has 1 heterocycles. The van der Waals surface area contributed by atoms with Gasteiger partial charge < -0.3 is 14.6 Å². The first-order chi connectivity index (χ1) is 12.0. The lowest BCUT2D eigenvalue weighted by atomic mass is 9.87. The first-order valence-electron chi connectivity index (χ1n) is 8.31. The van der Waals surface area contributed by atoms with Gasteiger partial charge in [-0.3, -0.25) is 4.79 Å². The van der Waals surface area contributed by atoms with E-state index in [0.29, 0.717) is 17.9 Å². The van der Waals surface area contributed by atoms with Gasteiger partial charge in [0.05, 0.1) is 13.0 Å². The number of carbonyl (C=O) groups is 1. The maximum Gasteiger partial charge on any atom is 0.181 e. The number of Topliss-reactive ketones (excluding diaryl/α,β-unsaturated/α-hetero) is 1. The van der Waals surface area contributed by atoms with Gasteiger partial charge in [-0.2, -0.15) is 0 Å². The van der Waals surface area contributed by atoms with E-state index < -0.39 is 5.92 Å². The molecule has 130 valence electrons. The number of phenols is 1. The molecule has 1 N–H and O–H groups in total. The summed E-state index contributed by atoms with van der Waals surface area (Å²) in [6.45, 7) is 4.28. The lowest BCUT2D eigenvalue weighted by Gasteiger charge is -2.27. The fourth-order valence-electron chi connectivity index (χ4n) is 3.09. The number of fused-ring (bicyclic) bond motifs is 1. The first kappa shape index (κ1) is 17.1. The number of ketones is 1. The minimum absolute atomic E-state index is 0.0987. The second kappa shape index (κ2) is 7.01. The van der Waals surface area contributed by atoms with Crippen molar-refractivity contribution in [3.63, 3.8) is 0 Å². The summed E-state index contributed by atoms with van der Waals surface area (Å²) in [4.78, 5) is 13.0. The van der Waals surface area contributed by atoms with Crippen LogP contribution in [0.3, 0.4) is 0 Å². The number of aromatic hydroxyl groups is 1. The van der Waals surface area contributed by atoms with Crippen LogP contribution < -0.4 is 9.47 Å². The minimum Gasteiger partial charge on any atom is -0.507 e. The Morgan fingerprint density at radius 3 is 2.68 bits per heavy atom. The molecule has 1 aliphatic heterocycles. The van der Waals surface area contributed by atoms with Crippen molar-refractivity contribution in [2.75, 3.05) is 13.7 Å². The van der Waals surface area contributed by atoms with Gasteiger partial charge >= 0.3 is 0 Å². The van der Waals surface area contributed by atoms with E-state index in [-0.39, 0.29) is 23.7 Å². The number of carbonyl (C=O) groups excluding carboxylic acids is 1. The fraction of sp³-hybridized carbons (Fsp3) is 0.286. The van der Waals surface area contributed by atoms with Gasteiger partial charge in [0.1, 0.15) is 29.4 Å². The molecule has 2 aromatic carbocycles. The zero-order valence-electron chi connectivity index (χ0n) is 14.7. The Balaban J connectivity index is 2.09. The molecule has 0 spiro atoms. The largest absolute Gasteiger partial charge is 0.507 e. The van der Waals surface area contributed by atoms with E-state index in [1.807, 2.05) is 50.3 Å². The van der Waals surface area contributed by atoms with Crippen LogP contribution >= 0.6 is 0 Å². The van der Waals surface area contributed by atoms with Crippen molar-refractivity contribution in [2.24, 2.45) is 0 Å². The SMILES string of the molecule is COc1cc(O)c2c(c1CC=C(C)C)OC[C@H](c1ccccc1)C2=O. The van der Waals surface area contributed by atoms with Crippen LogP contribution in [0, 0.1) is 0 Å². The van der Waals surface area contributed by atoms with Crippen LogP contribution in [-0.2, 0) is 6.42 Å². The highest BCUT2D eigenvalue weighted by molar-refractivity contribution is 6.07. The van der Waals surface area contributed by atoms with Gasteiger partial charge in [-0.25, -0.2) is 0 Å². The number of hydrogen-bond donors (Lipinski definition) is 1. The Morgan fingerprint density at radius 2 is 2.04 bits per heavy atom. The van der Waals surface area contributed by atoms with E-state index in [2.05, 4.69) is 0 Å². The quantitative estimate of drug-likeness (QED) is 0.846. The van der Waals surface area contributed by atoms with Crippen molar-refractivity contribution >= 4 is 5.78 Å². The van der Waals surface area contributed by atoms with Gasteiger partial charge in [-0.15, -0.1) is 0 Å². The highest BCUT2D eigenvalue weighted by Crippen LogP contribution is 2.44. The van der Waals surface area contributed by atoms with Crippen LogP contribution in [0.4, 0.5) is 0 Å². The number of hydrogen-bond acceptors (Lipinski definition) is 4. The van der Waals surface area contributed by atoms with Crippen LogP contribution in [0.15, 0.2) is 48.0 Å². The molecule has 0 saturated heterocycles. The van der Waals surface area contributed by atoms with Gasteiger partial charge in [-0.1, -0.05) is 42.0 Å². The summed E-state index contributed by atoms with van der Waals surface area (Å²) < 4.78 is 11.3. The average molecular weight is 338 g/mol. The van der Waals surface area contributed by atoms with Gasteiger partial charge in [0.2, 0.25) is 0 Å². The monoisotopic (exact) mass is 338 g/mol. The zero-order chi connectivity index (χ0) is 18.0. The second-order valence-corrected chi connectivity index (χ2v) is 6.40. The van der Waals surface area contributed by atoms with Crippen LogP contribution in [0.1, 0.15) is 41.3 Å². The summed E-state index contributed by atoms with van der Waals surface area (Å²) in [5.74, 6) is 0.333. The summed E-state index contributed by atoms with van der Waals surface area (Å²) in [7, 11) is 1.55. The molecular formula is C21H22O4. The summed E-state index contributed by atoms with van der Waals surface area (Å²) in [5.41, 5.74) is 3.09. The number of allylic oxidation sites excluding steroid dienone is 2. The molecule has 4 nitrogen and oxygen atoms in total. The van der Waals surface area contributed by atoms with Gasteiger partial charge in [0.25, 0.3) is 0 Å². The Bertz CT molecular complexity index is 818. The molecule has 0 fully saturated rings. The maximum absolute atomic E-state index is 13.0. The van der Waals surface area contributed by atoms with Crippen molar-refractivity contribution in [1.82, 2.24) is 0 Å². The molecule has 0 radical (unpaired) electrons. The second-order valence-electron chi connectivity index (χ2n) is 6.40. The summed E-state index contributed by atoms with van der Waals surface area (Å²) in [6, 6.07) is 11.0. The molecule has 0 saturated carbocycles. The van der Waals surface area contributed by atoms with E-state index in [9.17, 15) is 9.90 Å². The molecule has 0 bridgehead atoms. The molecule has 1 atom stereocenters. The zero-order valence-corrected chi connectivity index (χ0v) is 14.7. The molecular weight excluding hydrogens is 316 g/mol. The predicted molar refractivity (Wildman–Crippen MR) is 96.8 cm³/mol. The van der Waals surface area contributed by atoms with E-state index >= 15 is 0 Å². The maximum atomic E-state index is 13.0. The highest BCUT2D eigenvalue weighted by Gasteiger charge is 2.35. The number of rotatable bonds is 4. The Labute approximate surface area is 147 Å². The molecule has 0 unspecified atom stereocenters. The van der Waals surface area contributed by atoms with Crippen LogP contribution in [-0.4, -0.2) is 24.6 Å². The van der Waals surface area contributed by atoms with E-state index in [0.717, 1.165) is 16.7 Å². The Kier molecular flexibility index (Phi) is 4.79. The van der Waals surface area contributed by atoms with Gasteiger partial charge in [-0.05, 0) is 25.8 Å². The van der Waals surface area contributed by atoms with Crippen LogP contribution in [0.25, 0.3) is 0 Å². The van der Waals surface area contributed by atoms with Crippen LogP contribution in [0.2, 0.25) is 0 Å². The number of phenolic OH excluding ortho intramolecular Hbond substituents is 1. The molecule has 1 aliphatic rings. The molecule has 25 heavy (non-hydrogen) atoms. The molecule has 4 heteroatoms. The van der Waals surface area contributed by atoms with Gasteiger partial charge in [0, 0.05) is 11.6 Å². The Morgan fingerprint density at radius 1 is 1.32 bits per heavy atom. The number of methoxy groups -OCH3 is 1. The van der Waals surface area contributed by atoms with Crippen molar-refractivity contribution in [2.45, 2.75) is 26.2 Å².